The summed E-state index contributed by atoms with van der Waals surface area (Å²) in [6.07, 6.45) is 0. The SMILES string of the molecule is Cc1cccc(N(CCN)Cc2ccccc2Cl)c1. The Labute approximate surface area is 119 Å². The third kappa shape index (κ3) is 3.72. The number of halogens is 1. The number of nitrogens with two attached hydrogens (primary N) is 1. The predicted molar refractivity (Wildman–Crippen MR) is 82.7 cm³/mol. The molecule has 2 aromatic rings. The second-order valence-electron chi connectivity index (χ2n) is 4.64. The fourth-order valence-electron chi connectivity index (χ4n) is 2.11. The lowest BCUT2D eigenvalue weighted by Crippen LogP contribution is -2.29. The summed E-state index contributed by atoms with van der Waals surface area (Å²) in [7, 11) is 0. The molecule has 0 spiro atoms. The Morgan fingerprint density at radius 2 is 1.89 bits per heavy atom. The maximum atomic E-state index is 6.23. The van der Waals surface area contributed by atoms with Gasteiger partial charge in [-0.3, -0.25) is 0 Å². The van der Waals surface area contributed by atoms with Crippen LogP contribution in [0.25, 0.3) is 0 Å². The summed E-state index contributed by atoms with van der Waals surface area (Å²) in [5.41, 5.74) is 9.28. The molecule has 0 aliphatic carbocycles. The molecule has 2 nitrogen and oxygen atoms in total. The van der Waals surface area contributed by atoms with E-state index in [2.05, 4.69) is 42.2 Å². The van der Waals surface area contributed by atoms with Gasteiger partial charge in [-0.1, -0.05) is 41.9 Å². The molecule has 19 heavy (non-hydrogen) atoms. The predicted octanol–water partition coefficient (Wildman–Crippen LogP) is 3.61. The van der Waals surface area contributed by atoms with Crippen molar-refractivity contribution in [3.8, 4) is 0 Å². The van der Waals surface area contributed by atoms with Gasteiger partial charge in [0, 0.05) is 30.3 Å². The van der Waals surface area contributed by atoms with E-state index in [1.807, 2.05) is 18.2 Å². The zero-order valence-electron chi connectivity index (χ0n) is 11.1. The summed E-state index contributed by atoms with van der Waals surface area (Å²) in [5, 5.41) is 0.803. The summed E-state index contributed by atoms with van der Waals surface area (Å²) in [4.78, 5) is 2.26. The molecule has 2 N–H and O–H groups in total. The molecule has 0 radical (unpaired) electrons. The summed E-state index contributed by atoms with van der Waals surface area (Å²) in [6, 6.07) is 16.4. The molecule has 0 fully saturated rings. The first kappa shape index (κ1) is 13.9. The fourth-order valence-corrected chi connectivity index (χ4v) is 2.31. The van der Waals surface area contributed by atoms with Gasteiger partial charge in [0.05, 0.1) is 0 Å². The molecule has 0 heterocycles. The van der Waals surface area contributed by atoms with Crippen LogP contribution in [0.4, 0.5) is 5.69 Å². The van der Waals surface area contributed by atoms with Gasteiger partial charge < -0.3 is 10.6 Å². The van der Waals surface area contributed by atoms with Crippen molar-refractivity contribution in [3.63, 3.8) is 0 Å². The van der Waals surface area contributed by atoms with Gasteiger partial charge in [0.2, 0.25) is 0 Å². The Balaban J connectivity index is 2.24. The van der Waals surface area contributed by atoms with Gasteiger partial charge in [0.1, 0.15) is 0 Å². The molecular formula is C16H19ClN2. The molecule has 2 aromatic carbocycles. The van der Waals surface area contributed by atoms with Gasteiger partial charge >= 0.3 is 0 Å². The summed E-state index contributed by atoms with van der Waals surface area (Å²) >= 11 is 6.23. The van der Waals surface area contributed by atoms with Gasteiger partial charge in [-0.2, -0.15) is 0 Å². The molecule has 3 heteroatoms. The molecule has 0 amide bonds. The highest BCUT2D eigenvalue weighted by Gasteiger charge is 2.08. The normalized spacial score (nSPS) is 10.5. The van der Waals surface area contributed by atoms with Crippen molar-refractivity contribution in [2.75, 3.05) is 18.0 Å². The van der Waals surface area contributed by atoms with Crippen molar-refractivity contribution in [1.82, 2.24) is 0 Å². The third-order valence-corrected chi connectivity index (χ3v) is 3.45. The van der Waals surface area contributed by atoms with E-state index >= 15 is 0 Å². The van der Waals surface area contributed by atoms with E-state index < -0.39 is 0 Å². The maximum Gasteiger partial charge on any atom is 0.0455 e. The molecule has 0 unspecified atom stereocenters. The average molecular weight is 275 g/mol. The number of hydrogen-bond acceptors (Lipinski definition) is 2. The van der Waals surface area contributed by atoms with Crippen LogP contribution >= 0.6 is 11.6 Å². The number of anilines is 1. The number of aryl methyl sites for hydroxylation is 1. The Morgan fingerprint density at radius 1 is 1.11 bits per heavy atom. The van der Waals surface area contributed by atoms with E-state index in [9.17, 15) is 0 Å². The Bertz CT molecular complexity index is 540. The molecule has 2 rings (SSSR count). The van der Waals surface area contributed by atoms with Crippen LogP contribution in [0.1, 0.15) is 11.1 Å². The Morgan fingerprint density at radius 3 is 2.58 bits per heavy atom. The van der Waals surface area contributed by atoms with Gasteiger partial charge in [-0.05, 0) is 36.2 Å². The minimum Gasteiger partial charge on any atom is -0.366 e. The maximum absolute atomic E-state index is 6.23. The van der Waals surface area contributed by atoms with Gasteiger partial charge in [-0.15, -0.1) is 0 Å². The largest absolute Gasteiger partial charge is 0.366 e. The molecule has 0 aromatic heterocycles. The van der Waals surface area contributed by atoms with Crippen LogP contribution < -0.4 is 10.6 Å². The van der Waals surface area contributed by atoms with Crippen molar-refractivity contribution >= 4 is 17.3 Å². The van der Waals surface area contributed by atoms with Crippen LogP contribution in [0.3, 0.4) is 0 Å². The van der Waals surface area contributed by atoms with Gasteiger partial charge in [-0.25, -0.2) is 0 Å². The summed E-state index contributed by atoms with van der Waals surface area (Å²) in [5.74, 6) is 0. The highest BCUT2D eigenvalue weighted by molar-refractivity contribution is 6.31. The highest BCUT2D eigenvalue weighted by atomic mass is 35.5. The van der Waals surface area contributed by atoms with Crippen LogP contribution in [-0.4, -0.2) is 13.1 Å². The number of nitrogens with zero attached hydrogens (tertiary/aromatic N) is 1. The van der Waals surface area contributed by atoms with Crippen molar-refractivity contribution in [1.29, 1.82) is 0 Å². The van der Waals surface area contributed by atoms with E-state index in [1.54, 1.807) is 0 Å². The minimum atomic E-state index is 0.623. The van der Waals surface area contributed by atoms with Crippen LogP contribution in [0.15, 0.2) is 48.5 Å². The highest BCUT2D eigenvalue weighted by Crippen LogP contribution is 2.22. The van der Waals surface area contributed by atoms with Crippen LogP contribution in [-0.2, 0) is 6.54 Å². The van der Waals surface area contributed by atoms with Gasteiger partial charge in [0.15, 0.2) is 0 Å². The van der Waals surface area contributed by atoms with Crippen molar-refractivity contribution < 1.29 is 0 Å². The van der Waals surface area contributed by atoms with Gasteiger partial charge in [0.25, 0.3) is 0 Å². The first-order valence-electron chi connectivity index (χ1n) is 6.46. The topological polar surface area (TPSA) is 29.3 Å². The fraction of sp³-hybridized carbons (Fsp3) is 0.250. The first-order valence-corrected chi connectivity index (χ1v) is 6.83. The molecular weight excluding hydrogens is 256 g/mol. The zero-order valence-corrected chi connectivity index (χ0v) is 11.9. The minimum absolute atomic E-state index is 0.623. The van der Waals surface area contributed by atoms with E-state index in [0.717, 1.165) is 23.7 Å². The monoisotopic (exact) mass is 274 g/mol. The average Bonchev–Trinajstić information content (AvgIpc) is 2.40. The van der Waals surface area contributed by atoms with Crippen molar-refractivity contribution in [3.05, 3.63) is 64.7 Å². The van der Waals surface area contributed by atoms with E-state index in [4.69, 9.17) is 17.3 Å². The number of benzene rings is 2. The number of rotatable bonds is 5. The first-order chi connectivity index (χ1) is 9.20. The quantitative estimate of drug-likeness (QED) is 0.902. The molecule has 0 saturated carbocycles. The van der Waals surface area contributed by atoms with Crippen molar-refractivity contribution in [2.24, 2.45) is 5.73 Å². The van der Waals surface area contributed by atoms with E-state index in [-0.39, 0.29) is 0 Å². The Hall–Kier alpha value is -1.51. The molecule has 0 bridgehead atoms. The molecule has 0 saturated heterocycles. The van der Waals surface area contributed by atoms with Crippen LogP contribution in [0, 0.1) is 6.92 Å². The Kier molecular flexibility index (Phi) is 4.83. The lowest BCUT2D eigenvalue weighted by Gasteiger charge is -2.25. The third-order valence-electron chi connectivity index (χ3n) is 3.08. The van der Waals surface area contributed by atoms with E-state index in [1.165, 1.54) is 11.3 Å². The summed E-state index contributed by atoms with van der Waals surface area (Å²) in [6.45, 7) is 4.31. The van der Waals surface area contributed by atoms with Crippen LogP contribution in [0.2, 0.25) is 5.02 Å². The molecule has 0 atom stereocenters. The molecule has 0 aliphatic heterocycles. The molecule has 100 valence electrons. The lowest BCUT2D eigenvalue weighted by atomic mass is 10.1. The smallest absolute Gasteiger partial charge is 0.0455 e. The lowest BCUT2D eigenvalue weighted by molar-refractivity contribution is 0.790. The molecule has 0 aliphatic rings. The van der Waals surface area contributed by atoms with E-state index in [0.29, 0.717) is 6.54 Å². The van der Waals surface area contributed by atoms with Crippen molar-refractivity contribution in [2.45, 2.75) is 13.5 Å². The van der Waals surface area contributed by atoms with Crippen LogP contribution in [0.5, 0.6) is 0 Å². The number of hydrogen-bond donors (Lipinski definition) is 1. The second kappa shape index (κ2) is 6.60. The summed E-state index contributed by atoms with van der Waals surface area (Å²) < 4.78 is 0. The standard InChI is InChI=1S/C16H19ClN2/c1-13-5-4-7-15(11-13)19(10-9-18)12-14-6-2-3-8-16(14)17/h2-8,11H,9-10,12,18H2,1H3. The second-order valence-corrected chi connectivity index (χ2v) is 5.05. The zero-order chi connectivity index (χ0) is 13.7.